The molecular formula is C10H13F2NOS. The number of hydrogen-bond acceptors (Lipinski definition) is 3. The first-order chi connectivity index (χ1) is 7.11. The molecule has 1 heterocycles. The lowest BCUT2D eigenvalue weighted by Gasteiger charge is -2.26. The van der Waals surface area contributed by atoms with Crippen LogP contribution in [0.1, 0.15) is 42.3 Å². The first-order valence-corrected chi connectivity index (χ1v) is 5.92. The van der Waals surface area contributed by atoms with Crippen LogP contribution in [0.5, 0.6) is 0 Å². The number of thiazole rings is 1. The van der Waals surface area contributed by atoms with Crippen molar-refractivity contribution in [2.24, 2.45) is 0 Å². The summed E-state index contributed by atoms with van der Waals surface area (Å²) in [6, 6.07) is 0. The lowest BCUT2D eigenvalue weighted by molar-refractivity contribution is -0.0382. The molecule has 0 aromatic carbocycles. The molecule has 5 heteroatoms. The van der Waals surface area contributed by atoms with E-state index in [0.29, 0.717) is 18.5 Å². The Morgan fingerprint density at radius 2 is 2.13 bits per heavy atom. The van der Waals surface area contributed by atoms with Gasteiger partial charge in [0.25, 0.3) is 0 Å². The van der Waals surface area contributed by atoms with Crippen LogP contribution in [-0.2, 0) is 6.61 Å². The molecule has 1 N–H and O–H groups in total. The van der Waals surface area contributed by atoms with E-state index in [4.69, 9.17) is 5.11 Å². The summed E-state index contributed by atoms with van der Waals surface area (Å²) in [4.78, 5) is 4.22. The average molecular weight is 233 g/mol. The summed E-state index contributed by atoms with van der Waals surface area (Å²) >= 11 is 1.46. The minimum Gasteiger partial charge on any atom is -0.390 e. The summed E-state index contributed by atoms with van der Waals surface area (Å²) in [5.41, 5.74) is 0.646. The van der Waals surface area contributed by atoms with E-state index in [9.17, 15) is 8.78 Å². The first kappa shape index (κ1) is 11.0. The summed E-state index contributed by atoms with van der Waals surface area (Å²) < 4.78 is 25.8. The van der Waals surface area contributed by atoms with E-state index in [2.05, 4.69) is 4.98 Å². The summed E-state index contributed by atoms with van der Waals surface area (Å²) in [5, 5.41) is 11.5. The minimum atomic E-state index is -2.48. The van der Waals surface area contributed by atoms with Crippen molar-refractivity contribution in [1.29, 1.82) is 0 Å². The van der Waals surface area contributed by atoms with E-state index in [-0.39, 0.29) is 25.4 Å². The van der Waals surface area contributed by atoms with Gasteiger partial charge in [-0.25, -0.2) is 13.8 Å². The minimum absolute atomic E-state index is 0.0360. The maximum atomic E-state index is 12.9. The van der Waals surface area contributed by atoms with E-state index < -0.39 is 5.92 Å². The average Bonchev–Trinajstić information content (AvgIpc) is 2.66. The number of hydrogen-bond donors (Lipinski definition) is 1. The van der Waals surface area contributed by atoms with Gasteiger partial charge in [0.15, 0.2) is 0 Å². The second kappa shape index (κ2) is 4.14. The van der Waals surface area contributed by atoms with Crippen LogP contribution in [0, 0.1) is 0 Å². The summed E-state index contributed by atoms with van der Waals surface area (Å²) in [6.07, 6.45) is 0.939. The van der Waals surface area contributed by atoms with Crippen LogP contribution in [0.3, 0.4) is 0 Å². The van der Waals surface area contributed by atoms with E-state index in [0.717, 1.165) is 5.01 Å². The smallest absolute Gasteiger partial charge is 0.248 e. The SMILES string of the molecule is OCc1csc(C2CCC(F)(F)CC2)n1. The van der Waals surface area contributed by atoms with Gasteiger partial charge in [0.1, 0.15) is 0 Å². The molecule has 1 aliphatic rings. The monoisotopic (exact) mass is 233 g/mol. The van der Waals surface area contributed by atoms with Gasteiger partial charge in [-0.1, -0.05) is 0 Å². The number of nitrogens with zero attached hydrogens (tertiary/aromatic N) is 1. The van der Waals surface area contributed by atoms with Crippen molar-refractivity contribution in [2.45, 2.75) is 44.1 Å². The van der Waals surface area contributed by atoms with Crippen LogP contribution in [-0.4, -0.2) is 16.0 Å². The highest BCUT2D eigenvalue weighted by Gasteiger charge is 2.36. The fourth-order valence-corrected chi connectivity index (χ4v) is 2.85. The standard InChI is InChI=1S/C10H13F2NOS/c11-10(12)3-1-7(2-4-10)9-13-8(5-14)6-15-9/h6-7,14H,1-5H2. The maximum Gasteiger partial charge on any atom is 0.248 e. The maximum absolute atomic E-state index is 12.9. The highest BCUT2D eigenvalue weighted by Crippen LogP contribution is 2.41. The second-order valence-electron chi connectivity index (χ2n) is 3.97. The van der Waals surface area contributed by atoms with Gasteiger partial charge in [-0.2, -0.15) is 0 Å². The lowest BCUT2D eigenvalue weighted by atomic mass is 9.87. The third kappa shape index (κ3) is 2.52. The fraction of sp³-hybridized carbons (Fsp3) is 0.700. The van der Waals surface area contributed by atoms with Crippen molar-refractivity contribution in [2.75, 3.05) is 0 Å². The van der Waals surface area contributed by atoms with Gasteiger partial charge < -0.3 is 5.11 Å². The van der Waals surface area contributed by atoms with E-state index in [1.807, 2.05) is 0 Å². The summed E-state index contributed by atoms with van der Waals surface area (Å²) in [6.45, 7) is -0.0701. The number of rotatable bonds is 2. The van der Waals surface area contributed by atoms with Crippen LogP contribution >= 0.6 is 11.3 Å². The Kier molecular flexibility index (Phi) is 3.02. The molecule has 0 unspecified atom stereocenters. The Hall–Kier alpha value is -0.550. The number of aromatic nitrogens is 1. The molecule has 0 bridgehead atoms. The molecule has 0 aliphatic heterocycles. The Morgan fingerprint density at radius 1 is 1.47 bits per heavy atom. The quantitative estimate of drug-likeness (QED) is 0.852. The second-order valence-corrected chi connectivity index (χ2v) is 4.86. The molecule has 0 spiro atoms. The van der Waals surface area contributed by atoms with Crippen LogP contribution in [0.4, 0.5) is 8.78 Å². The molecule has 1 saturated carbocycles. The van der Waals surface area contributed by atoms with Crippen molar-refractivity contribution in [3.05, 3.63) is 16.1 Å². The lowest BCUT2D eigenvalue weighted by Crippen LogP contribution is -2.23. The Morgan fingerprint density at radius 3 is 2.67 bits per heavy atom. The predicted molar refractivity (Wildman–Crippen MR) is 54.2 cm³/mol. The molecule has 2 nitrogen and oxygen atoms in total. The number of alkyl halides is 2. The Balaban J connectivity index is 2.01. The highest BCUT2D eigenvalue weighted by molar-refractivity contribution is 7.09. The van der Waals surface area contributed by atoms with Gasteiger partial charge in [0.05, 0.1) is 17.3 Å². The van der Waals surface area contributed by atoms with Gasteiger partial charge >= 0.3 is 0 Å². The van der Waals surface area contributed by atoms with Gasteiger partial charge in [0.2, 0.25) is 5.92 Å². The van der Waals surface area contributed by atoms with E-state index in [1.54, 1.807) is 5.38 Å². The molecule has 1 fully saturated rings. The van der Waals surface area contributed by atoms with Gasteiger partial charge in [0, 0.05) is 24.1 Å². The zero-order valence-electron chi connectivity index (χ0n) is 8.25. The van der Waals surface area contributed by atoms with Crippen molar-refractivity contribution in [3.63, 3.8) is 0 Å². The van der Waals surface area contributed by atoms with Gasteiger partial charge in [-0.3, -0.25) is 0 Å². The molecule has 84 valence electrons. The van der Waals surface area contributed by atoms with Crippen LogP contribution in [0.15, 0.2) is 5.38 Å². The normalized spacial score (nSPS) is 21.8. The number of halogens is 2. The molecule has 0 saturated heterocycles. The van der Waals surface area contributed by atoms with Gasteiger partial charge in [-0.05, 0) is 12.8 Å². The molecule has 2 rings (SSSR count). The van der Waals surface area contributed by atoms with E-state index >= 15 is 0 Å². The highest BCUT2D eigenvalue weighted by atomic mass is 32.1. The summed E-state index contributed by atoms with van der Waals surface area (Å²) in [7, 11) is 0. The predicted octanol–water partition coefficient (Wildman–Crippen LogP) is 2.93. The Labute approximate surface area is 91.0 Å². The van der Waals surface area contributed by atoms with Gasteiger partial charge in [-0.15, -0.1) is 11.3 Å². The van der Waals surface area contributed by atoms with Crippen LogP contribution in [0.2, 0.25) is 0 Å². The van der Waals surface area contributed by atoms with E-state index in [1.165, 1.54) is 11.3 Å². The molecule has 15 heavy (non-hydrogen) atoms. The van der Waals surface area contributed by atoms with Crippen LogP contribution < -0.4 is 0 Å². The zero-order chi connectivity index (χ0) is 10.9. The first-order valence-electron chi connectivity index (χ1n) is 5.04. The Bertz CT molecular complexity index is 330. The molecule has 1 aromatic heterocycles. The van der Waals surface area contributed by atoms with Crippen molar-refractivity contribution >= 4 is 11.3 Å². The largest absolute Gasteiger partial charge is 0.390 e. The molecule has 0 radical (unpaired) electrons. The third-order valence-electron chi connectivity index (χ3n) is 2.80. The van der Waals surface area contributed by atoms with Crippen LogP contribution in [0.25, 0.3) is 0 Å². The molecule has 1 aromatic rings. The van der Waals surface area contributed by atoms with Crippen molar-refractivity contribution in [3.8, 4) is 0 Å². The fourth-order valence-electron chi connectivity index (χ4n) is 1.87. The molecule has 1 aliphatic carbocycles. The van der Waals surface area contributed by atoms with Crippen molar-refractivity contribution in [1.82, 2.24) is 4.98 Å². The topological polar surface area (TPSA) is 33.1 Å². The zero-order valence-corrected chi connectivity index (χ0v) is 9.07. The van der Waals surface area contributed by atoms with Crippen molar-refractivity contribution < 1.29 is 13.9 Å². The molecule has 0 amide bonds. The molecular weight excluding hydrogens is 220 g/mol. The number of aliphatic hydroxyl groups is 1. The summed E-state index contributed by atoms with van der Waals surface area (Å²) in [5.74, 6) is -2.32. The third-order valence-corrected chi connectivity index (χ3v) is 3.85. The molecule has 0 atom stereocenters. The number of aliphatic hydroxyl groups excluding tert-OH is 1.